The van der Waals surface area contributed by atoms with Crippen molar-refractivity contribution in [1.29, 1.82) is 0 Å². The Labute approximate surface area is 294 Å². The van der Waals surface area contributed by atoms with Gasteiger partial charge in [0, 0.05) is 0 Å². The molecule has 0 radical (unpaired) electrons. The van der Waals surface area contributed by atoms with E-state index in [0.717, 1.165) is 0 Å². The third-order valence-electron chi connectivity index (χ3n) is 2.81. The Hall–Kier alpha value is 8.12. The van der Waals surface area contributed by atoms with Gasteiger partial charge in [-0.1, -0.05) is 271 Å². The second-order valence-electron chi connectivity index (χ2n) is 4.50. The van der Waals surface area contributed by atoms with Gasteiger partial charge in [-0.3, -0.25) is 0 Å². The van der Waals surface area contributed by atoms with Crippen LogP contribution in [0.2, 0.25) is 0 Å². The Balaban J connectivity index is 6.86. The van der Waals surface area contributed by atoms with Gasteiger partial charge in [0.15, 0.2) is 12.0 Å². The van der Waals surface area contributed by atoms with Gasteiger partial charge >= 0.3 is 0 Å². The molecule has 1 nitrogen and oxygen atoms in total. The number of aliphatic hydroxyl groups is 1. The molecule has 158 valence electrons. The molecule has 0 saturated carbocycles. The summed E-state index contributed by atoms with van der Waals surface area (Å²) in [7, 11) is 0. The van der Waals surface area contributed by atoms with Crippen molar-refractivity contribution in [1.82, 2.24) is 0 Å². The monoisotopic (exact) mass is 1450 g/mol. The minimum absolute atomic E-state index is 0.837. The van der Waals surface area contributed by atoms with Gasteiger partial charge in [0.1, 0.15) is 12.9 Å². The summed E-state index contributed by atoms with van der Waals surface area (Å²) >= 11 is 60.5. The maximum absolute atomic E-state index is 11.8. The molecule has 26 heavy (non-hydrogen) atoms. The second kappa shape index (κ2) is 10.8. The van der Waals surface area contributed by atoms with E-state index in [9.17, 15) is 5.11 Å². The van der Waals surface area contributed by atoms with E-state index in [1.165, 1.54) is 0 Å². The molecule has 0 rings (SSSR count). The Kier molecular flexibility index (Phi) is 14.2. The maximum Gasteiger partial charge on any atom is 0.168 e. The molecule has 0 aliphatic rings. The summed E-state index contributed by atoms with van der Waals surface area (Å²) in [6.45, 7) is 0. The molecule has 0 aliphatic heterocycles. The van der Waals surface area contributed by atoms with Gasteiger partial charge in [-0.25, -0.2) is 0 Å². The van der Waals surface area contributed by atoms with Crippen LogP contribution in [0.1, 0.15) is 0 Å². The predicted molar refractivity (Wildman–Crippen MR) is 176 cm³/mol. The first-order valence-electron chi connectivity index (χ1n) is 5.19. The molecule has 0 heterocycles. The standard InChI is InChI=1S/C8HBr17O/c9-2(10,1(26,6(17,18)19)7(20,21)22)3(11,12)4(13,14)5(15,16)8(23,24)25/h26H. The average Bonchev–Trinajstić information content (AvgIpc) is 2.32. The van der Waals surface area contributed by atoms with Crippen molar-refractivity contribution in [2.45, 2.75) is 25.0 Å². The second-order valence-corrected chi connectivity index (χ2v) is 38.6. The van der Waals surface area contributed by atoms with Crippen LogP contribution >= 0.6 is 271 Å². The Morgan fingerprint density at radius 2 is 0.538 bits per heavy atom. The molecule has 18 heteroatoms. The summed E-state index contributed by atoms with van der Waals surface area (Å²) in [6.07, 6.45) is 0. The first-order valence-corrected chi connectivity index (χ1v) is 18.7. The van der Waals surface area contributed by atoms with E-state index < -0.39 is 25.0 Å². The van der Waals surface area contributed by atoms with Gasteiger partial charge < -0.3 is 5.11 Å². The predicted octanol–water partition coefficient (Wildman–Crippen LogP) is 12.2. The van der Waals surface area contributed by atoms with Crippen molar-refractivity contribution in [3.8, 4) is 0 Å². The molecule has 0 spiro atoms. The fraction of sp³-hybridized carbons (Fsp3) is 1.00. The largest absolute Gasteiger partial charge is 0.381 e. The molecule has 0 saturated heterocycles. The van der Waals surface area contributed by atoms with E-state index in [1.807, 2.05) is 0 Å². The Bertz CT molecular complexity index is 504. The van der Waals surface area contributed by atoms with Gasteiger partial charge in [0.2, 0.25) is 0 Å². The lowest BCUT2D eigenvalue weighted by molar-refractivity contribution is 0.0570. The third kappa shape index (κ3) is 6.15. The van der Waals surface area contributed by atoms with Crippen molar-refractivity contribution in [3.63, 3.8) is 0 Å². The highest BCUT2D eigenvalue weighted by molar-refractivity contribution is 9.42. The molecule has 0 fully saturated rings. The zero-order chi connectivity index (χ0) is 22.0. The molecule has 0 aromatic heterocycles. The number of rotatable bonds is 4. The average molecular weight is 1470 g/mol. The third-order valence-corrected chi connectivity index (χ3v) is 27.1. The van der Waals surface area contributed by atoms with Crippen molar-refractivity contribution in [2.24, 2.45) is 0 Å². The van der Waals surface area contributed by atoms with Crippen molar-refractivity contribution < 1.29 is 5.11 Å². The fourth-order valence-electron chi connectivity index (χ4n) is 1.32. The van der Waals surface area contributed by atoms with E-state index in [2.05, 4.69) is 271 Å². The minimum atomic E-state index is -1.75. The zero-order valence-electron chi connectivity index (χ0n) is 10.9. The van der Waals surface area contributed by atoms with Gasteiger partial charge in [0.25, 0.3) is 0 Å². The number of alkyl halides is 17. The highest BCUT2D eigenvalue weighted by Gasteiger charge is 2.79. The molecule has 0 amide bonds. The van der Waals surface area contributed by atoms with E-state index in [-0.39, 0.29) is 0 Å². The van der Waals surface area contributed by atoms with Crippen LogP contribution < -0.4 is 0 Å². The van der Waals surface area contributed by atoms with Gasteiger partial charge in [-0.2, -0.15) is 0 Å². The van der Waals surface area contributed by atoms with Crippen LogP contribution in [-0.2, 0) is 0 Å². The normalized spacial score (nSPS) is 16.8. The summed E-state index contributed by atoms with van der Waals surface area (Å²) in [5.74, 6) is 0. The molecule has 0 aliphatic carbocycles. The number of hydrogen-bond donors (Lipinski definition) is 1. The quantitative estimate of drug-likeness (QED) is 0.278. The fourth-order valence-corrected chi connectivity index (χ4v) is 19.8. The van der Waals surface area contributed by atoms with Gasteiger partial charge in [0.05, 0.1) is 0 Å². The Morgan fingerprint density at radius 1 is 0.308 bits per heavy atom. The lowest BCUT2D eigenvalue weighted by atomic mass is 9.99. The summed E-state index contributed by atoms with van der Waals surface area (Å²) in [4.78, 5) is 0. The molecular formula is C8HBr17O. The molecule has 0 atom stereocenters. The van der Waals surface area contributed by atoms with Crippen LogP contribution in [0.5, 0.6) is 0 Å². The van der Waals surface area contributed by atoms with Crippen LogP contribution in [0, 0.1) is 0 Å². The first kappa shape index (κ1) is 34.1. The minimum Gasteiger partial charge on any atom is -0.381 e. The molecule has 0 bridgehead atoms. The summed E-state index contributed by atoms with van der Waals surface area (Å²) in [5, 5.41) is 11.8. The van der Waals surface area contributed by atoms with Crippen molar-refractivity contribution >= 4 is 271 Å². The summed E-state index contributed by atoms with van der Waals surface area (Å²) in [6, 6.07) is 0. The lowest BCUT2D eigenvalue weighted by Crippen LogP contribution is -2.72. The van der Waals surface area contributed by atoms with Crippen molar-refractivity contribution in [3.05, 3.63) is 0 Å². The zero-order valence-corrected chi connectivity index (χ0v) is 37.8. The highest BCUT2D eigenvalue weighted by atomic mass is 80.0. The molecular weight excluding hydrogens is 1470 g/mol. The summed E-state index contributed by atoms with van der Waals surface area (Å²) < 4.78 is -7.83. The van der Waals surface area contributed by atoms with Gasteiger partial charge in [-0.05, 0) is 0 Å². The molecule has 0 aromatic carbocycles. The Morgan fingerprint density at radius 3 is 0.731 bits per heavy atom. The van der Waals surface area contributed by atoms with Crippen LogP contribution in [0.15, 0.2) is 0 Å². The number of hydrogen-bond acceptors (Lipinski definition) is 1. The van der Waals surface area contributed by atoms with Crippen LogP contribution in [-0.4, -0.2) is 30.1 Å². The van der Waals surface area contributed by atoms with Gasteiger partial charge in [-0.15, -0.1) is 0 Å². The van der Waals surface area contributed by atoms with E-state index in [0.29, 0.717) is 0 Å². The molecule has 1 N–H and O–H groups in total. The first-order chi connectivity index (χ1) is 10.8. The van der Waals surface area contributed by atoms with E-state index >= 15 is 0 Å². The maximum atomic E-state index is 11.8. The highest BCUT2D eigenvalue weighted by Crippen LogP contribution is 2.77. The summed E-state index contributed by atoms with van der Waals surface area (Å²) in [5.41, 5.74) is -1.75. The topological polar surface area (TPSA) is 20.2 Å². The van der Waals surface area contributed by atoms with Crippen LogP contribution in [0.3, 0.4) is 0 Å². The SMILES string of the molecule is OC(C(Br)(Br)Br)(C(Br)(Br)Br)C(Br)(Br)C(Br)(Br)C(Br)(Br)C(Br)(Br)C(Br)(Br)Br. The van der Waals surface area contributed by atoms with Crippen LogP contribution in [0.25, 0.3) is 0 Å². The lowest BCUT2D eigenvalue weighted by Gasteiger charge is -2.58. The van der Waals surface area contributed by atoms with Crippen LogP contribution in [0.4, 0.5) is 0 Å². The number of halogens is 17. The van der Waals surface area contributed by atoms with E-state index in [4.69, 9.17) is 0 Å². The smallest absolute Gasteiger partial charge is 0.168 e. The molecule has 0 unspecified atom stereocenters. The molecule has 0 aromatic rings. The van der Waals surface area contributed by atoms with Crippen molar-refractivity contribution in [2.75, 3.05) is 0 Å². The van der Waals surface area contributed by atoms with E-state index in [1.54, 1.807) is 0 Å².